The van der Waals surface area contributed by atoms with E-state index in [9.17, 15) is 9.90 Å². The van der Waals surface area contributed by atoms with Crippen LogP contribution in [0.3, 0.4) is 0 Å². The lowest BCUT2D eigenvalue weighted by molar-refractivity contribution is -0.0689. The molecule has 0 spiro atoms. The Bertz CT molecular complexity index is 443. The average Bonchev–Trinajstić information content (AvgIpc) is 2.29. The van der Waals surface area contributed by atoms with Crippen LogP contribution in [-0.2, 0) is 0 Å². The molecule has 2 rings (SSSR count). The zero-order chi connectivity index (χ0) is 12.6. The monoisotopic (exact) mass is 234 g/mol. The standard InChI is InChI=1S/C13H18N2O2/c1-13(2)10(7-11(13)16)15-12(17)8-5-3-4-6-9(8)14/h3-6,10-11,16H,7,14H2,1-2H3,(H,15,17). The predicted molar refractivity (Wildman–Crippen MR) is 66.5 cm³/mol. The molecular formula is C13H18N2O2. The van der Waals surface area contributed by atoms with E-state index in [1.54, 1.807) is 24.3 Å². The van der Waals surface area contributed by atoms with Crippen molar-refractivity contribution in [1.29, 1.82) is 0 Å². The van der Waals surface area contributed by atoms with Crippen LogP contribution in [0, 0.1) is 5.41 Å². The van der Waals surface area contributed by atoms with Gasteiger partial charge in [-0.1, -0.05) is 26.0 Å². The molecule has 1 aliphatic carbocycles. The molecule has 1 fully saturated rings. The molecule has 1 aromatic rings. The zero-order valence-electron chi connectivity index (χ0n) is 10.1. The first-order valence-corrected chi connectivity index (χ1v) is 5.76. The summed E-state index contributed by atoms with van der Waals surface area (Å²) in [5.74, 6) is -0.173. The number of aliphatic hydroxyl groups excluding tert-OH is 1. The van der Waals surface area contributed by atoms with Gasteiger partial charge < -0.3 is 16.2 Å². The third-order valence-electron chi connectivity index (χ3n) is 3.73. The number of anilines is 1. The molecule has 1 aliphatic rings. The van der Waals surface area contributed by atoms with E-state index in [4.69, 9.17) is 5.73 Å². The van der Waals surface area contributed by atoms with E-state index in [1.807, 2.05) is 13.8 Å². The number of nitrogen functional groups attached to an aromatic ring is 1. The number of amides is 1. The molecule has 92 valence electrons. The zero-order valence-corrected chi connectivity index (χ0v) is 10.1. The van der Waals surface area contributed by atoms with Crippen molar-refractivity contribution in [2.24, 2.45) is 5.41 Å². The molecule has 2 unspecified atom stereocenters. The molecule has 0 aliphatic heterocycles. The van der Waals surface area contributed by atoms with E-state index in [-0.39, 0.29) is 23.5 Å². The third-order valence-corrected chi connectivity index (χ3v) is 3.73. The first kappa shape index (κ1) is 11.9. The summed E-state index contributed by atoms with van der Waals surface area (Å²) in [5.41, 5.74) is 6.44. The first-order valence-electron chi connectivity index (χ1n) is 5.76. The summed E-state index contributed by atoms with van der Waals surface area (Å²) in [6, 6.07) is 6.99. The summed E-state index contributed by atoms with van der Waals surface area (Å²) in [7, 11) is 0. The summed E-state index contributed by atoms with van der Waals surface area (Å²) in [4.78, 5) is 12.0. The van der Waals surface area contributed by atoms with Gasteiger partial charge >= 0.3 is 0 Å². The number of hydrogen-bond donors (Lipinski definition) is 3. The van der Waals surface area contributed by atoms with E-state index < -0.39 is 0 Å². The number of rotatable bonds is 2. The van der Waals surface area contributed by atoms with Crippen molar-refractivity contribution in [3.8, 4) is 0 Å². The van der Waals surface area contributed by atoms with E-state index in [2.05, 4.69) is 5.32 Å². The van der Waals surface area contributed by atoms with Crippen molar-refractivity contribution < 1.29 is 9.90 Å². The van der Waals surface area contributed by atoms with Gasteiger partial charge in [-0.05, 0) is 18.6 Å². The van der Waals surface area contributed by atoms with E-state index in [1.165, 1.54) is 0 Å². The normalized spacial score (nSPS) is 26.1. The van der Waals surface area contributed by atoms with Crippen LogP contribution in [0.15, 0.2) is 24.3 Å². The lowest BCUT2D eigenvalue weighted by Gasteiger charge is -2.49. The van der Waals surface area contributed by atoms with Gasteiger partial charge in [-0.25, -0.2) is 0 Å². The van der Waals surface area contributed by atoms with Gasteiger partial charge in [-0.15, -0.1) is 0 Å². The molecule has 2 atom stereocenters. The number of hydrogen-bond acceptors (Lipinski definition) is 3. The van der Waals surface area contributed by atoms with Crippen molar-refractivity contribution in [2.75, 3.05) is 5.73 Å². The lowest BCUT2D eigenvalue weighted by Crippen LogP contribution is -2.61. The fourth-order valence-corrected chi connectivity index (χ4v) is 2.09. The highest BCUT2D eigenvalue weighted by Crippen LogP contribution is 2.40. The minimum Gasteiger partial charge on any atom is -0.398 e. The van der Waals surface area contributed by atoms with Gasteiger partial charge in [-0.3, -0.25) is 4.79 Å². The van der Waals surface area contributed by atoms with Crippen LogP contribution in [0.4, 0.5) is 5.69 Å². The number of carbonyl (C=O) groups is 1. The van der Waals surface area contributed by atoms with Crippen LogP contribution in [0.5, 0.6) is 0 Å². The summed E-state index contributed by atoms with van der Waals surface area (Å²) in [5, 5.41) is 12.5. The molecule has 17 heavy (non-hydrogen) atoms. The minimum atomic E-state index is -0.346. The quantitative estimate of drug-likeness (QED) is 0.672. The van der Waals surface area contributed by atoms with Crippen LogP contribution in [-0.4, -0.2) is 23.2 Å². The van der Waals surface area contributed by atoms with Crippen LogP contribution in [0.1, 0.15) is 30.6 Å². The van der Waals surface area contributed by atoms with Crippen LogP contribution < -0.4 is 11.1 Å². The highest BCUT2D eigenvalue weighted by Gasteiger charge is 2.48. The van der Waals surface area contributed by atoms with E-state index in [0.717, 1.165) is 0 Å². The fraction of sp³-hybridized carbons (Fsp3) is 0.462. The van der Waals surface area contributed by atoms with Gasteiger partial charge in [0.15, 0.2) is 0 Å². The topological polar surface area (TPSA) is 75.3 Å². The second kappa shape index (κ2) is 4.04. The smallest absolute Gasteiger partial charge is 0.253 e. The van der Waals surface area contributed by atoms with Gasteiger partial charge in [0.2, 0.25) is 0 Å². The van der Waals surface area contributed by atoms with Crippen molar-refractivity contribution in [3.63, 3.8) is 0 Å². The Kier molecular flexibility index (Phi) is 2.83. The van der Waals surface area contributed by atoms with Crippen LogP contribution in [0.25, 0.3) is 0 Å². The Balaban J connectivity index is 2.07. The summed E-state index contributed by atoms with van der Waals surface area (Å²) >= 11 is 0. The number of aliphatic hydroxyl groups is 1. The maximum atomic E-state index is 12.0. The lowest BCUT2D eigenvalue weighted by atomic mass is 9.64. The molecule has 4 N–H and O–H groups in total. The van der Waals surface area contributed by atoms with Crippen LogP contribution >= 0.6 is 0 Å². The fourth-order valence-electron chi connectivity index (χ4n) is 2.09. The minimum absolute atomic E-state index is 0.00426. The molecule has 0 saturated heterocycles. The molecule has 1 amide bonds. The van der Waals surface area contributed by atoms with Gasteiger partial charge in [-0.2, -0.15) is 0 Å². The Labute approximate surface area is 101 Å². The Hall–Kier alpha value is -1.55. The molecule has 0 radical (unpaired) electrons. The molecule has 4 nitrogen and oxygen atoms in total. The summed E-state index contributed by atoms with van der Waals surface area (Å²) in [6.45, 7) is 3.89. The molecule has 0 aromatic heterocycles. The predicted octanol–water partition coefficient (Wildman–Crippen LogP) is 1.16. The SMILES string of the molecule is CC1(C)C(O)CC1NC(=O)c1ccccc1N. The average molecular weight is 234 g/mol. The van der Waals surface area contributed by atoms with E-state index >= 15 is 0 Å². The molecule has 0 bridgehead atoms. The third kappa shape index (κ3) is 2.00. The molecular weight excluding hydrogens is 216 g/mol. The van der Waals surface area contributed by atoms with Gasteiger partial charge in [0.05, 0.1) is 11.7 Å². The Morgan fingerprint density at radius 3 is 2.65 bits per heavy atom. The van der Waals surface area contributed by atoms with Gasteiger partial charge in [0, 0.05) is 17.1 Å². The maximum Gasteiger partial charge on any atom is 0.253 e. The van der Waals surface area contributed by atoms with Crippen LogP contribution in [0.2, 0.25) is 0 Å². The van der Waals surface area contributed by atoms with Gasteiger partial charge in [0.1, 0.15) is 0 Å². The Morgan fingerprint density at radius 2 is 2.12 bits per heavy atom. The maximum absolute atomic E-state index is 12.0. The highest BCUT2D eigenvalue weighted by atomic mass is 16.3. The summed E-state index contributed by atoms with van der Waals surface area (Å²) < 4.78 is 0. The largest absolute Gasteiger partial charge is 0.398 e. The van der Waals surface area contributed by atoms with E-state index in [0.29, 0.717) is 17.7 Å². The van der Waals surface area contributed by atoms with Crippen molar-refractivity contribution >= 4 is 11.6 Å². The number of carbonyl (C=O) groups excluding carboxylic acids is 1. The summed E-state index contributed by atoms with van der Waals surface area (Å²) in [6.07, 6.45) is 0.256. The number of nitrogens with one attached hydrogen (secondary N) is 1. The highest BCUT2D eigenvalue weighted by molar-refractivity contribution is 5.99. The molecule has 1 saturated carbocycles. The second-order valence-electron chi connectivity index (χ2n) is 5.19. The first-order chi connectivity index (χ1) is 7.93. The van der Waals surface area contributed by atoms with Gasteiger partial charge in [0.25, 0.3) is 5.91 Å². The van der Waals surface area contributed by atoms with Crippen molar-refractivity contribution in [1.82, 2.24) is 5.32 Å². The second-order valence-corrected chi connectivity index (χ2v) is 5.19. The van der Waals surface area contributed by atoms with Crippen molar-refractivity contribution in [3.05, 3.63) is 29.8 Å². The Morgan fingerprint density at radius 1 is 1.47 bits per heavy atom. The number of benzene rings is 1. The molecule has 4 heteroatoms. The number of para-hydroxylation sites is 1. The molecule has 0 heterocycles. The number of nitrogens with two attached hydrogens (primary N) is 1. The molecule has 1 aromatic carbocycles. The van der Waals surface area contributed by atoms with Crippen molar-refractivity contribution in [2.45, 2.75) is 32.4 Å².